The van der Waals surface area contributed by atoms with Gasteiger partial charge < -0.3 is 5.32 Å². The lowest BCUT2D eigenvalue weighted by Gasteiger charge is -2.02. The maximum atomic E-state index is 4.58. The molecule has 0 bridgehead atoms. The Kier molecular flexibility index (Phi) is 3.24. The lowest BCUT2D eigenvalue weighted by Crippen LogP contribution is -2.00. The van der Waals surface area contributed by atoms with E-state index < -0.39 is 0 Å². The highest BCUT2D eigenvalue weighted by Gasteiger charge is 2.13. The van der Waals surface area contributed by atoms with Crippen LogP contribution in [0.2, 0.25) is 0 Å². The number of fused-ring (bicyclic) bond motifs is 1. The minimum atomic E-state index is 0.657. The van der Waals surface area contributed by atoms with Crippen molar-refractivity contribution in [2.24, 2.45) is 0 Å². The lowest BCUT2D eigenvalue weighted by molar-refractivity contribution is 0.910. The molecule has 22 heavy (non-hydrogen) atoms. The second-order valence-electron chi connectivity index (χ2n) is 4.68. The van der Waals surface area contributed by atoms with Gasteiger partial charge in [-0.25, -0.2) is 0 Å². The Morgan fingerprint density at radius 2 is 1.95 bits per heavy atom. The van der Waals surface area contributed by atoms with Crippen LogP contribution < -0.4 is 5.32 Å². The highest BCUT2D eigenvalue weighted by Crippen LogP contribution is 2.21. The molecule has 0 aliphatic rings. The highest BCUT2D eigenvalue weighted by atomic mass is 32.1. The Balaban J connectivity index is 1.60. The van der Waals surface area contributed by atoms with Crippen molar-refractivity contribution >= 4 is 22.0 Å². The molecule has 0 fully saturated rings. The van der Waals surface area contributed by atoms with Crippen LogP contribution >= 0.6 is 11.3 Å². The SMILES string of the molecule is c1ccc(NCc2nn3c(-c4cccnc4)nnc3s2)cc1. The predicted molar refractivity (Wildman–Crippen MR) is 85.7 cm³/mol. The molecule has 0 radical (unpaired) electrons. The number of para-hydroxylation sites is 1. The van der Waals surface area contributed by atoms with Crippen molar-refractivity contribution in [1.82, 2.24) is 24.8 Å². The Labute approximate surface area is 130 Å². The molecule has 1 aromatic carbocycles. The molecule has 7 heteroatoms. The van der Waals surface area contributed by atoms with Crippen LogP contribution in [-0.2, 0) is 6.54 Å². The van der Waals surface area contributed by atoms with E-state index in [-0.39, 0.29) is 0 Å². The smallest absolute Gasteiger partial charge is 0.235 e. The summed E-state index contributed by atoms with van der Waals surface area (Å²) in [5.41, 5.74) is 1.98. The number of anilines is 1. The largest absolute Gasteiger partial charge is 0.378 e. The number of rotatable bonds is 4. The van der Waals surface area contributed by atoms with E-state index in [0.29, 0.717) is 12.4 Å². The number of pyridine rings is 1. The maximum Gasteiger partial charge on any atom is 0.235 e. The first-order valence-electron chi connectivity index (χ1n) is 6.80. The molecule has 4 aromatic rings. The molecule has 0 unspecified atom stereocenters. The zero-order valence-corrected chi connectivity index (χ0v) is 12.4. The molecule has 6 nitrogen and oxygen atoms in total. The van der Waals surface area contributed by atoms with E-state index in [1.807, 2.05) is 42.5 Å². The standard InChI is InChI=1S/C15H12N6S/c1-2-6-12(7-3-1)17-10-13-20-21-14(18-19-15(21)22-13)11-5-4-8-16-9-11/h1-9,17H,10H2. The fraction of sp³-hybridized carbons (Fsp3) is 0.0667. The first-order valence-corrected chi connectivity index (χ1v) is 7.62. The van der Waals surface area contributed by atoms with Gasteiger partial charge in [0.1, 0.15) is 5.01 Å². The summed E-state index contributed by atoms with van der Waals surface area (Å²) in [7, 11) is 0. The Morgan fingerprint density at radius 3 is 2.77 bits per heavy atom. The van der Waals surface area contributed by atoms with Gasteiger partial charge in [-0.1, -0.05) is 29.5 Å². The van der Waals surface area contributed by atoms with Crippen LogP contribution in [0.25, 0.3) is 16.3 Å². The van der Waals surface area contributed by atoms with Gasteiger partial charge in [-0.2, -0.15) is 9.61 Å². The Bertz CT molecular complexity index is 884. The van der Waals surface area contributed by atoms with Crippen LogP contribution in [0.5, 0.6) is 0 Å². The molecule has 1 N–H and O–H groups in total. The maximum absolute atomic E-state index is 4.58. The molecule has 4 rings (SSSR count). The normalized spacial score (nSPS) is 10.9. The van der Waals surface area contributed by atoms with E-state index in [2.05, 4.69) is 25.6 Å². The van der Waals surface area contributed by atoms with Gasteiger partial charge in [0.25, 0.3) is 0 Å². The Hall–Kier alpha value is -2.80. The summed E-state index contributed by atoms with van der Waals surface area (Å²) in [6, 6.07) is 13.9. The molecular formula is C15H12N6S. The van der Waals surface area contributed by atoms with Crippen molar-refractivity contribution < 1.29 is 0 Å². The number of hydrogen-bond acceptors (Lipinski definition) is 6. The first-order chi connectivity index (χ1) is 10.9. The van der Waals surface area contributed by atoms with Crippen molar-refractivity contribution in [1.29, 1.82) is 0 Å². The second-order valence-corrected chi connectivity index (χ2v) is 5.72. The van der Waals surface area contributed by atoms with Gasteiger partial charge in [0.05, 0.1) is 6.54 Å². The molecule has 0 atom stereocenters. The third kappa shape index (κ3) is 2.42. The molecule has 0 saturated heterocycles. The average molecular weight is 308 g/mol. The Morgan fingerprint density at radius 1 is 1.05 bits per heavy atom. The molecule has 3 heterocycles. The van der Waals surface area contributed by atoms with E-state index >= 15 is 0 Å². The van der Waals surface area contributed by atoms with E-state index in [1.165, 1.54) is 11.3 Å². The number of nitrogens with one attached hydrogen (secondary N) is 1. The number of benzene rings is 1. The summed E-state index contributed by atoms with van der Waals surface area (Å²) in [5.74, 6) is 0.713. The third-order valence-electron chi connectivity index (χ3n) is 3.17. The van der Waals surface area contributed by atoms with Crippen molar-refractivity contribution in [3.05, 3.63) is 59.9 Å². The molecule has 108 valence electrons. The van der Waals surface area contributed by atoms with Crippen LogP contribution in [0.15, 0.2) is 54.9 Å². The molecule has 0 aliphatic heterocycles. The van der Waals surface area contributed by atoms with Gasteiger partial charge in [0.15, 0.2) is 5.82 Å². The summed E-state index contributed by atoms with van der Waals surface area (Å²) in [5, 5.41) is 17.3. The predicted octanol–water partition coefficient (Wildman–Crippen LogP) is 2.86. The van der Waals surface area contributed by atoms with E-state index in [1.54, 1.807) is 16.9 Å². The van der Waals surface area contributed by atoms with Crippen molar-refractivity contribution in [3.63, 3.8) is 0 Å². The van der Waals surface area contributed by atoms with Crippen LogP contribution in [0, 0.1) is 0 Å². The lowest BCUT2D eigenvalue weighted by atomic mass is 10.3. The van der Waals surface area contributed by atoms with Crippen LogP contribution in [-0.4, -0.2) is 24.8 Å². The zero-order valence-electron chi connectivity index (χ0n) is 11.5. The summed E-state index contributed by atoms with van der Waals surface area (Å²) < 4.78 is 1.77. The summed E-state index contributed by atoms with van der Waals surface area (Å²) in [4.78, 5) is 4.89. The van der Waals surface area contributed by atoms with Gasteiger partial charge in [0.2, 0.25) is 4.96 Å². The van der Waals surface area contributed by atoms with Gasteiger partial charge >= 0.3 is 0 Å². The van der Waals surface area contributed by atoms with Gasteiger partial charge in [-0.3, -0.25) is 4.98 Å². The van der Waals surface area contributed by atoms with Crippen molar-refractivity contribution in [3.8, 4) is 11.4 Å². The summed E-state index contributed by atoms with van der Waals surface area (Å²) in [6.07, 6.45) is 3.50. The zero-order chi connectivity index (χ0) is 14.8. The second kappa shape index (κ2) is 5.53. The quantitative estimate of drug-likeness (QED) is 0.628. The number of nitrogens with zero attached hydrogens (tertiary/aromatic N) is 5. The van der Waals surface area contributed by atoms with Crippen molar-refractivity contribution in [2.45, 2.75) is 6.54 Å². The molecule has 0 saturated carbocycles. The van der Waals surface area contributed by atoms with Gasteiger partial charge in [0, 0.05) is 23.6 Å². The van der Waals surface area contributed by atoms with E-state index in [4.69, 9.17) is 0 Å². The molecular weight excluding hydrogens is 296 g/mol. The number of hydrogen-bond donors (Lipinski definition) is 1. The van der Waals surface area contributed by atoms with Gasteiger partial charge in [-0.05, 0) is 24.3 Å². The highest BCUT2D eigenvalue weighted by molar-refractivity contribution is 7.16. The van der Waals surface area contributed by atoms with E-state index in [9.17, 15) is 0 Å². The van der Waals surface area contributed by atoms with Crippen molar-refractivity contribution in [2.75, 3.05) is 5.32 Å². The average Bonchev–Trinajstić information content (AvgIpc) is 3.15. The number of aromatic nitrogens is 5. The molecule has 0 amide bonds. The fourth-order valence-corrected chi connectivity index (χ4v) is 2.91. The van der Waals surface area contributed by atoms with Crippen LogP contribution in [0.4, 0.5) is 5.69 Å². The first kappa shape index (κ1) is 12.9. The summed E-state index contributed by atoms with van der Waals surface area (Å²) >= 11 is 1.53. The topological polar surface area (TPSA) is 68.0 Å². The summed E-state index contributed by atoms with van der Waals surface area (Å²) in [6.45, 7) is 0.657. The third-order valence-corrected chi connectivity index (χ3v) is 4.07. The monoisotopic (exact) mass is 308 g/mol. The van der Waals surface area contributed by atoms with Crippen LogP contribution in [0.3, 0.4) is 0 Å². The molecule has 3 aromatic heterocycles. The van der Waals surface area contributed by atoms with Crippen LogP contribution in [0.1, 0.15) is 5.01 Å². The van der Waals surface area contributed by atoms with E-state index in [0.717, 1.165) is 21.2 Å². The molecule has 0 spiro atoms. The molecule has 0 aliphatic carbocycles. The van der Waals surface area contributed by atoms with Gasteiger partial charge in [-0.15, -0.1) is 10.2 Å². The minimum absolute atomic E-state index is 0.657. The minimum Gasteiger partial charge on any atom is -0.378 e. The fourth-order valence-electron chi connectivity index (χ4n) is 2.14.